The fraction of sp³-hybridized carbons (Fsp3) is 0.276. The Morgan fingerprint density at radius 3 is 2.78 bits per heavy atom. The van der Waals surface area contributed by atoms with Crippen molar-refractivity contribution in [1.29, 1.82) is 0 Å². The summed E-state index contributed by atoms with van der Waals surface area (Å²) in [6, 6.07) is 16.5. The van der Waals surface area contributed by atoms with Gasteiger partial charge in [-0.25, -0.2) is 4.98 Å². The highest BCUT2D eigenvalue weighted by molar-refractivity contribution is 7.99. The molecule has 1 amide bonds. The number of carbonyl (C=O) groups is 2. The molecule has 1 aromatic heterocycles. The maximum Gasteiger partial charge on any atom is 0.258 e. The molecule has 0 fully saturated rings. The summed E-state index contributed by atoms with van der Waals surface area (Å²) in [7, 11) is 1.63. The van der Waals surface area contributed by atoms with Gasteiger partial charge in [0.15, 0.2) is 5.78 Å². The van der Waals surface area contributed by atoms with E-state index in [0.717, 1.165) is 41.2 Å². The fourth-order valence-corrected chi connectivity index (χ4v) is 5.04. The lowest BCUT2D eigenvalue weighted by molar-refractivity contribution is 0.101. The van der Waals surface area contributed by atoms with Crippen LogP contribution in [0.4, 0.5) is 5.69 Å². The first-order valence-corrected chi connectivity index (χ1v) is 13.0. The number of benzene rings is 2. The van der Waals surface area contributed by atoms with Crippen LogP contribution < -0.4 is 15.4 Å². The number of anilines is 1. The van der Waals surface area contributed by atoms with Crippen molar-refractivity contribution in [3.05, 3.63) is 89.1 Å². The van der Waals surface area contributed by atoms with Crippen LogP contribution in [0.5, 0.6) is 5.75 Å². The van der Waals surface area contributed by atoms with E-state index in [0.29, 0.717) is 21.8 Å². The lowest BCUT2D eigenvalue weighted by atomic mass is 9.85. The minimum Gasteiger partial charge on any atom is -0.497 e. The van der Waals surface area contributed by atoms with Gasteiger partial charge in [0.25, 0.3) is 5.91 Å². The molecule has 3 aromatic rings. The monoisotopic (exact) mass is 501 g/mol. The molecule has 4 rings (SSSR count). The van der Waals surface area contributed by atoms with E-state index in [2.05, 4.69) is 42.5 Å². The third-order valence-corrected chi connectivity index (χ3v) is 7.06. The Morgan fingerprint density at radius 2 is 2.00 bits per heavy atom. The highest BCUT2D eigenvalue weighted by atomic mass is 32.2. The summed E-state index contributed by atoms with van der Waals surface area (Å²) in [5.41, 5.74) is 4.25. The summed E-state index contributed by atoms with van der Waals surface area (Å²) in [5, 5.41) is 7.12. The first-order valence-electron chi connectivity index (χ1n) is 12.0. The number of hydrogen-bond acceptors (Lipinski definition) is 6. The largest absolute Gasteiger partial charge is 0.497 e. The van der Waals surface area contributed by atoms with Crippen LogP contribution in [0, 0.1) is 0 Å². The smallest absolute Gasteiger partial charge is 0.258 e. The van der Waals surface area contributed by atoms with E-state index < -0.39 is 0 Å². The zero-order valence-corrected chi connectivity index (χ0v) is 21.9. The van der Waals surface area contributed by atoms with Crippen molar-refractivity contribution in [3.8, 4) is 5.75 Å². The Morgan fingerprint density at radius 1 is 1.17 bits per heavy atom. The van der Waals surface area contributed by atoms with Crippen molar-refractivity contribution in [1.82, 2.24) is 10.3 Å². The maximum absolute atomic E-state index is 13.3. The number of hydrogen-bond donors (Lipinski definition) is 2. The topological polar surface area (TPSA) is 80.3 Å². The van der Waals surface area contributed by atoms with E-state index >= 15 is 0 Å². The summed E-state index contributed by atoms with van der Waals surface area (Å²) >= 11 is 1.56. The average molecular weight is 502 g/mol. The number of ketones is 1. The van der Waals surface area contributed by atoms with Gasteiger partial charge in [0.05, 0.1) is 12.7 Å². The molecule has 2 aromatic carbocycles. The molecule has 0 radical (unpaired) electrons. The highest BCUT2D eigenvalue weighted by Gasteiger charge is 2.28. The molecular formula is C29H31N3O3S. The number of aromatic nitrogens is 1. The van der Waals surface area contributed by atoms with Crippen LogP contribution in [0.3, 0.4) is 0 Å². The van der Waals surface area contributed by atoms with Gasteiger partial charge in [-0.3, -0.25) is 9.59 Å². The summed E-state index contributed by atoms with van der Waals surface area (Å²) in [5.74, 6) is 1.22. The number of ether oxygens (including phenoxy) is 1. The number of nitrogens with one attached hydrogen (secondary N) is 2. The zero-order valence-electron chi connectivity index (χ0n) is 21.1. The number of fused-ring (bicyclic) bond motifs is 1. The number of allylic oxidation sites excluding steroid dienone is 1. The van der Waals surface area contributed by atoms with Crippen molar-refractivity contribution < 1.29 is 14.3 Å². The molecule has 1 aliphatic heterocycles. The Hall–Kier alpha value is -3.58. The first-order chi connectivity index (χ1) is 17.3. The van der Waals surface area contributed by atoms with E-state index in [9.17, 15) is 9.59 Å². The average Bonchev–Trinajstić information content (AvgIpc) is 2.87. The van der Waals surface area contributed by atoms with Gasteiger partial charge in [-0.15, -0.1) is 11.8 Å². The van der Waals surface area contributed by atoms with Crippen LogP contribution in [-0.2, 0) is 6.42 Å². The van der Waals surface area contributed by atoms with E-state index in [1.54, 1.807) is 67.5 Å². The lowest BCUT2D eigenvalue weighted by Crippen LogP contribution is -2.43. The van der Waals surface area contributed by atoms with Crippen LogP contribution >= 0.6 is 11.8 Å². The third kappa shape index (κ3) is 5.97. The number of carbonyl (C=O) groups excluding carboxylic acids is 2. The summed E-state index contributed by atoms with van der Waals surface area (Å²) in [6.45, 7) is 6.31. The molecule has 2 heterocycles. The summed E-state index contributed by atoms with van der Waals surface area (Å²) in [6.07, 6.45) is 5.15. The van der Waals surface area contributed by atoms with Crippen molar-refractivity contribution >= 4 is 34.8 Å². The van der Waals surface area contributed by atoms with Crippen LogP contribution in [-0.4, -0.2) is 35.1 Å². The Kier molecular flexibility index (Phi) is 7.79. The minimum atomic E-state index is -0.249. The molecule has 0 saturated heterocycles. The molecular weight excluding hydrogens is 470 g/mol. The SMILES string of the molecule is CCCSc1ncccc1C(=O)Nc1cccc(C(=O)/C=C2\NC(C)(C)Cc3ccc(OC)cc32)c1. The third-order valence-electron chi connectivity index (χ3n) is 5.85. The molecule has 6 nitrogen and oxygen atoms in total. The molecule has 0 spiro atoms. The van der Waals surface area contributed by atoms with Gasteiger partial charge in [0.1, 0.15) is 10.8 Å². The van der Waals surface area contributed by atoms with Crippen molar-refractivity contribution in [2.45, 2.75) is 44.2 Å². The number of methoxy groups -OCH3 is 1. The predicted molar refractivity (Wildman–Crippen MR) is 146 cm³/mol. The lowest BCUT2D eigenvalue weighted by Gasteiger charge is -2.35. The van der Waals surface area contributed by atoms with Crippen molar-refractivity contribution in [3.63, 3.8) is 0 Å². The van der Waals surface area contributed by atoms with E-state index in [1.165, 1.54) is 0 Å². The standard InChI is InChI=1S/C29H31N3O3S/c1-5-14-36-28-23(10-7-13-30-28)27(34)31-21-9-6-8-19(15-21)26(33)17-25-24-16-22(35-4)12-11-20(24)18-29(2,3)32-25/h6-13,15-17,32H,5,14,18H2,1-4H3,(H,31,34)/b25-17-. The molecule has 7 heteroatoms. The molecule has 1 aliphatic rings. The molecule has 0 unspecified atom stereocenters. The van der Waals surface area contributed by atoms with Gasteiger partial charge < -0.3 is 15.4 Å². The quantitative estimate of drug-likeness (QED) is 0.224. The summed E-state index contributed by atoms with van der Waals surface area (Å²) < 4.78 is 5.40. The van der Waals surface area contributed by atoms with Crippen LogP contribution in [0.2, 0.25) is 0 Å². The second-order valence-electron chi connectivity index (χ2n) is 9.37. The van der Waals surface area contributed by atoms with Crippen molar-refractivity contribution in [2.75, 3.05) is 18.2 Å². The highest BCUT2D eigenvalue weighted by Crippen LogP contribution is 2.32. The van der Waals surface area contributed by atoms with Crippen LogP contribution in [0.25, 0.3) is 5.70 Å². The predicted octanol–water partition coefficient (Wildman–Crippen LogP) is 5.99. The van der Waals surface area contributed by atoms with Gasteiger partial charge in [-0.2, -0.15) is 0 Å². The molecule has 0 atom stereocenters. The number of nitrogens with zero attached hydrogens (tertiary/aromatic N) is 1. The maximum atomic E-state index is 13.3. The van der Waals surface area contributed by atoms with Gasteiger partial charge in [0, 0.05) is 40.3 Å². The van der Waals surface area contributed by atoms with Gasteiger partial charge in [0.2, 0.25) is 0 Å². The van der Waals surface area contributed by atoms with Gasteiger partial charge in [-0.05, 0) is 74.4 Å². The Labute approximate surface area is 216 Å². The van der Waals surface area contributed by atoms with E-state index in [4.69, 9.17) is 4.74 Å². The normalized spacial score (nSPS) is 15.1. The Balaban J connectivity index is 1.58. The summed E-state index contributed by atoms with van der Waals surface area (Å²) in [4.78, 5) is 30.6. The van der Waals surface area contributed by atoms with Crippen LogP contribution in [0.15, 0.2) is 71.9 Å². The van der Waals surface area contributed by atoms with E-state index in [1.807, 2.05) is 12.1 Å². The molecule has 0 bridgehead atoms. The van der Waals surface area contributed by atoms with Crippen molar-refractivity contribution in [2.24, 2.45) is 0 Å². The Bertz CT molecular complexity index is 1320. The molecule has 36 heavy (non-hydrogen) atoms. The van der Waals surface area contributed by atoms with Gasteiger partial charge >= 0.3 is 0 Å². The minimum absolute atomic E-state index is 0.152. The van der Waals surface area contributed by atoms with Gasteiger partial charge in [-0.1, -0.05) is 25.1 Å². The fourth-order valence-electron chi connectivity index (χ4n) is 4.19. The second-order valence-corrected chi connectivity index (χ2v) is 10.5. The molecule has 0 aliphatic carbocycles. The zero-order chi connectivity index (χ0) is 25.7. The number of amides is 1. The van der Waals surface area contributed by atoms with E-state index in [-0.39, 0.29) is 17.2 Å². The first kappa shape index (κ1) is 25.5. The molecule has 0 saturated carbocycles. The molecule has 186 valence electrons. The molecule has 2 N–H and O–H groups in total. The number of pyridine rings is 1. The second kappa shape index (κ2) is 11.0. The number of rotatable bonds is 8. The van der Waals surface area contributed by atoms with Crippen LogP contribution in [0.1, 0.15) is 59.0 Å². The number of thioether (sulfide) groups is 1.